The van der Waals surface area contributed by atoms with Crippen molar-refractivity contribution in [3.63, 3.8) is 0 Å². The van der Waals surface area contributed by atoms with E-state index < -0.39 is 0 Å². The van der Waals surface area contributed by atoms with Crippen LogP contribution in [0.1, 0.15) is 37.0 Å². The van der Waals surface area contributed by atoms with Gasteiger partial charge in [-0.25, -0.2) is 15.0 Å². The third kappa shape index (κ3) is 3.69. The number of fused-ring (bicyclic) bond motifs is 1. The Morgan fingerprint density at radius 2 is 2.21 bits per heavy atom. The average Bonchev–Trinajstić information content (AvgIpc) is 3.24. The Bertz CT molecular complexity index is 1010. The molecule has 3 aromatic rings. The summed E-state index contributed by atoms with van der Waals surface area (Å²) in [7, 11) is 0. The van der Waals surface area contributed by atoms with Crippen molar-refractivity contribution >= 4 is 34.6 Å². The minimum absolute atomic E-state index is 0.251. The van der Waals surface area contributed by atoms with Gasteiger partial charge in [-0.2, -0.15) is 0 Å². The molecule has 1 amide bonds. The Balaban J connectivity index is 1.60. The van der Waals surface area contributed by atoms with Crippen LogP contribution in [0.25, 0.3) is 22.7 Å². The van der Waals surface area contributed by atoms with Crippen LogP contribution in [0.2, 0.25) is 5.15 Å². The van der Waals surface area contributed by atoms with Crippen molar-refractivity contribution in [3.05, 3.63) is 22.5 Å². The summed E-state index contributed by atoms with van der Waals surface area (Å²) in [5.74, 6) is 2.73. The van der Waals surface area contributed by atoms with Crippen LogP contribution in [0.4, 0.5) is 5.95 Å². The molecule has 4 rings (SSSR count). The van der Waals surface area contributed by atoms with Crippen LogP contribution >= 0.6 is 11.6 Å². The summed E-state index contributed by atoms with van der Waals surface area (Å²) in [4.78, 5) is 30.0. The molecule has 1 atom stereocenters. The van der Waals surface area contributed by atoms with Crippen molar-refractivity contribution in [2.24, 2.45) is 11.7 Å². The quantitative estimate of drug-likeness (QED) is 0.632. The fourth-order valence-corrected chi connectivity index (χ4v) is 3.85. The number of rotatable bonds is 5. The van der Waals surface area contributed by atoms with Gasteiger partial charge in [0.25, 0.3) is 0 Å². The number of furan rings is 1. The monoisotopic (exact) mass is 402 g/mol. The number of nitrogens with one attached hydrogen (secondary N) is 1. The van der Waals surface area contributed by atoms with E-state index in [1.165, 1.54) is 0 Å². The Hall–Kier alpha value is -2.61. The number of piperidine rings is 1. The molecule has 1 aliphatic heterocycles. The van der Waals surface area contributed by atoms with Crippen molar-refractivity contribution < 1.29 is 9.21 Å². The van der Waals surface area contributed by atoms with E-state index >= 15 is 0 Å². The van der Waals surface area contributed by atoms with Crippen LogP contribution in [0, 0.1) is 19.8 Å². The molecule has 1 aliphatic rings. The number of aromatic amines is 1. The predicted molar refractivity (Wildman–Crippen MR) is 107 cm³/mol. The van der Waals surface area contributed by atoms with Crippen LogP contribution in [0.15, 0.2) is 10.5 Å². The molecule has 0 radical (unpaired) electrons. The number of amides is 1. The maximum Gasteiger partial charge on any atom is 0.217 e. The average molecular weight is 403 g/mol. The zero-order valence-electron chi connectivity index (χ0n) is 16.0. The number of imidazole rings is 1. The van der Waals surface area contributed by atoms with Gasteiger partial charge in [-0.3, -0.25) is 4.79 Å². The Labute approximate surface area is 167 Å². The summed E-state index contributed by atoms with van der Waals surface area (Å²) in [6.45, 7) is 5.59. The fourth-order valence-electron chi connectivity index (χ4n) is 3.64. The van der Waals surface area contributed by atoms with Gasteiger partial charge in [-0.15, -0.1) is 0 Å². The second-order valence-corrected chi connectivity index (χ2v) is 7.76. The molecule has 9 heteroatoms. The second kappa shape index (κ2) is 7.43. The molecule has 1 fully saturated rings. The molecule has 0 aromatic carbocycles. The molecule has 3 aromatic heterocycles. The highest BCUT2D eigenvalue weighted by Crippen LogP contribution is 2.30. The van der Waals surface area contributed by atoms with Gasteiger partial charge in [0.2, 0.25) is 11.9 Å². The van der Waals surface area contributed by atoms with Gasteiger partial charge in [-0.05, 0) is 50.7 Å². The molecule has 148 valence electrons. The number of nitrogens with zero attached hydrogens (tertiary/aromatic N) is 4. The first-order valence-corrected chi connectivity index (χ1v) is 9.82. The number of carbonyl (C=O) groups is 1. The summed E-state index contributed by atoms with van der Waals surface area (Å²) in [5.41, 5.74) is 7.45. The second-order valence-electron chi connectivity index (χ2n) is 7.40. The number of nitrogens with two attached hydrogens (primary N) is 1. The number of H-pyrrole nitrogens is 1. The first-order chi connectivity index (χ1) is 13.4. The highest BCUT2D eigenvalue weighted by molar-refractivity contribution is 6.33. The summed E-state index contributed by atoms with van der Waals surface area (Å²) in [6.07, 6.45) is 3.34. The van der Waals surface area contributed by atoms with Gasteiger partial charge in [0.15, 0.2) is 22.4 Å². The van der Waals surface area contributed by atoms with Gasteiger partial charge in [-0.1, -0.05) is 11.6 Å². The summed E-state index contributed by atoms with van der Waals surface area (Å²) >= 11 is 6.38. The zero-order valence-corrected chi connectivity index (χ0v) is 16.7. The van der Waals surface area contributed by atoms with Crippen LogP contribution in [0.3, 0.4) is 0 Å². The molecule has 3 N–H and O–H groups in total. The lowest BCUT2D eigenvalue weighted by molar-refractivity contribution is -0.118. The number of aryl methyl sites for hydroxylation is 2. The summed E-state index contributed by atoms with van der Waals surface area (Å²) in [5, 5.41) is 0.288. The van der Waals surface area contributed by atoms with Crippen molar-refractivity contribution in [2.75, 3.05) is 18.0 Å². The normalized spacial score (nSPS) is 17.4. The minimum atomic E-state index is -0.251. The summed E-state index contributed by atoms with van der Waals surface area (Å²) < 4.78 is 5.72. The lowest BCUT2D eigenvalue weighted by atomic mass is 9.93. The van der Waals surface area contributed by atoms with Crippen LogP contribution < -0.4 is 10.6 Å². The first-order valence-electron chi connectivity index (χ1n) is 9.44. The maximum atomic E-state index is 11.1. The Morgan fingerprint density at radius 3 is 2.93 bits per heavy atom. The van der Waals surface area contributed by atoms with E-state index in [2.05, 4.69) is 24.8 Å². The molecule has 28 heavy (non-hydrogen) atoms. The third-order valence-electron chi connectivity index (χ3n) is 5.29. The molecule has 0 bridgehead atoms. The number of aromatic nitrogens is 4. The molecular formula is C19H23ClN6O2. The van der Waals surface area contributed by atoms with Crippen molar-refractivity contribution in [1.82, 2.24) is 19.9 Å². The topological polar surface area (TPSA) is 114 Å². The van der Waals surface area contributed by atoms with Crippen molar-refractivity contribution in [2.45, 2.75) is 39.5 Å². The highest BCUT2D eigenvalue weighted by atomic mass is 35.5. The number of primary amides is 1. The van der Waals surface area contributed by atoms with E-state index in [1.807, 2.05) is 19.9 Å². The number of anilines is 1. The van der Waals surface area contributed by atoms with Gasteiger partial charge in [0, 0.05) is 19.5 Å². The molecule has 1 unspecified atom stereocenters. The molecule has 0 saturated carbocycles. The van der Waals surface area contributed by atoms with Crippen molar-refractivity contribution in [1.29, 1.82) is 0 Å². The van der Waals surface area contributed by atoms with Gasteiger partial charge in [0.05, 0.1) is 0 Å². The number of hydrogen-bond donors (Lipinski definition) is 2. The predicted octanol–water partition coefficient (Wildman–Crippen LogP) is 3.37. The lowest BCUT2D eigenvalue weighted by Gasteiger charge is -2.32. The zero-order chi connectivity index (χ0) is 19.8. The lowest BCUT2D eigenvalue weighted by Crippen LogP contribution is -2.36. The Morgan fingerprint density at radius 1 is 1.39 bits per heavy atom. The number of hydrogen-bond acceptors (Lipinski definition) is 6. The SMILES string of the molecule is Cc1cc(-c2nc(Cl)c3nc(N4CCCC(CCC(N)=O)C4)[nH]c3n2)oc1C. The van der Waals surface area contributed by atoms with Crippen LogP contribution in [-0.2, 0) is 4.79 Å². The first kappa shape index (κ1) is 18.7. The van der Waals surface area contributed by atoms with Gasteiger partial charge in [0.1, 0.15) is 11.3 Å². The number of halogens is 1. The van der Waals surface area contributed by atoms with Crippen LogP contribution in [-0.4, -0.2) is 38.9 Å². The third-order valence-corrected chi connectivity index (χ3v) is 5.56. The van der Waals surface area contributed by atoms with E-state index in [1.54, 1.807) is 0 Å². The molecule has 1 saturated heterocycles. The van der Waals surface area contributed by atoms with E-state index in [-0.39, 0.29) is 11.1 Å². The minimum Gasteiger partial charge on any atom is -0.458 e. The molecular weight excluding hydrogens is 380 g/mol. The molecule has 4 heterocycles. The maximum absolute atomic E-state index is 11.1. The smallest absolute Gasteiger partial charge is 0.217 e. The molecule has 0 spiro atoms. The van der Waals surface area contributed by atoms with Gasteiger partial charge < -0.3 is 20.0 Å². The number of carbonyl (C=O) groups excluding carboxylic acids is 1. The van der Waals surface area contributed by atoms with Crippen molar-refractivity contribution in [3.8, 4) is 11.6 Å². The van der Waals surface area contributed by atoms with E-state index in [4.69, 9.17) is 21.8 Å². The fraction of sp³-hybridized carbons (Fsp3) is 0.474. The largest absolute Gasteiger partial charge is 0.458 e. The summed E-state index contributed by atoms with van der Waals surface area (Å²) in [6, 6.07) is 1.90. The van der Waals surface area contributed by atoms with Crippen LogP contribution in [0.5, 0.6) is 0 Å². The molecule has 0 aliphatic carbocycles. The standard InChI is InChI=1S/C19H23ClN6O2/c1-10-8-13(28-11(10)2)17-23-16(20)15-18(24-17)25-19(22-15)26-7-3-4-12(9-26)5-6-14(21)27/h8,12H,3-7,9H2,1-2H3,(H2,21,27)(H,22,23,24,25). The highest BCUT2D eigenvalue weighted by Gasteiger charge is 2.24. The van der Waals surface area contributed by atoms with E-state index in [9.17, 15) is 4.79 Å². The van der Waals surface area contributed by atoms with Gasteiger partial charge >= 0.3 is 0 Å². The Kier molecular flexibility index (Phi) is 4.97. The van der Waals surface area contributed by atoms with E-state index in [0.717, 1.165) is 49.6 Å². The van der Waals surface area contributed by atoms with E-state index in [0.29, 0.717) is 35.1 Å². The molecule has 8 nitrogen and oxygen atoms in total.